The molecule has 4 nitrogen and oxygen atoms in total. The number of fused-ring (bicyclic) bond motifs is 1. The van der Waals surface area contributed by atoms with Crippen molar-refractivity contribution in [2.24, 2.45) is 0 Å². The van der Waals surface area contributed by atoms with Crippen molar-refractivity contribution in [3.8, 4) is 0 Å². The van der Waals surface area contributed by atoms with E-state index in [1.807, 2.05) is 0 Å². The Kier molecular flexibility index (Phi) is 2.91. The normalized spacial score (nSPS) is 17.6. The number of anilines is 1. The van der Waals surface area contributed by atoms with E-state index in [0.717, 1.165) is 32.7 Å². The second-order valence-corrected chi connectivity index (χ2v) is 4.53. The fraction of sp³-hybridized carbons (Fsp3) is 0.462. The lowest BCUT2D eigenvalue weighted by Crippen LogP contribution is -2.46. The topological polar surface area (TPSA) is 32.5 Å². The molecule has 1 fully saturated rings. The van der Waals surface area contributed by atoms with Gasteiger partial charge in [-0.2, -0.15) is 4.98 Å². The van der Waals surface area contributed by atoms with Crippen molar-refractivity contribution < 1.29 is 8.81 Å². The number of likely N-dealkylation sites (N-methyl/N-ethyl adjacent to an activating group) is 1. The Hall–Kier alpha value is -1.62. The summed E-state index contributed by atoms with van der Waals surface area (Å²) >= 11 is 0. The maximum atomic E-state index is 13.1. The average molecular weight is 249 g/mol. The quantitative estimate of drug-likeness (QED) is 0.816. The Bertz CT molecular complexity index is 546. The molecular formula is C13H16FN3O. The highest BCUT2D eigenvalue weighted by molar-refractivity contribution is 5.74. The molecule has 1 aromatic carbocycles. The summed E-state index contributed by atoms with van der Waals surface area (Å²) in [5, 5.41) is 0. The van der Waals surface area contributed by atoms with Crippen LogP contribution in [-0.4, -0.2) is 42.6 Å². The van der Waals surface area contributed by atoms with Crippen molar-refractivity contribution in [2.45, 2.75) is 6.92 Å². The summed E-state index contributed by atoms with van der Waals surface area (Å²) in [5.74, 6) is -0.291. The highest BCUT2D eigenvalue weighted by atomic mass is 19.1. The van der Waals surface area contributed by atoms with E-state index in [9.17, 15) is 4.39 Å². The third-order valence-corrected chi connectivity index (χ3v) is 3.43. The molecule has 5 heteroatoms. The number of piperazine rings is 1. The highest BCUT2D eigenvalue weighted by Gasteiger charge is 2.20. The monoisotopic (exact) mass is 249 g/mol. The first-order valence-electron chi connectivity index (χ1n) is 6.29. The molecule has 1 aliphatic rings. The summed E-state index contributed by atoms with van der Waals surface area (Å²) in [5.41, 5.74) is 1.23. The maximum absolute atomic E-state index is 13.1. The molecule has 0 amide bonds. The zero-order valence-electron chi connectivity index (χ0n) is 10.4. The summed E-state index contributed by atoms with van der Waals surface area (Å²) in [6.45, 7) is 7.09. The van der Waals surface area contributed by atoms with Crippen molar-refractivity contribution in [1.29, 1.82) is 0 Å². The molecule has 3 rings (SSSR count). The van der Waals surface area contributed by atoms with Crippen LogP contribution in [0.4, 0.5) is 10.4 Å². The van der Waals surface area contributed by atoms with Crippen LogP contribution in [0.1, 0.15) is 6.92 Å². The van der Waals surface area contributed by atoms with Crippen molar-refractivity contribution in [3.05, 3.63) is 24.0 Å². The van der Waals surface area contributed by atoms with Gasteiger partial charge in [0, 0.05) is 32.2 Å². The minimum absolute atomic E-state index is 0.291. The molecule has 1 aliphatic heterocycles. The number of rotatable bonds is 2. The Balaban J connectivity index is 1.82. The Morgan fingerprint density at radius 2 is 2.06 bits per heavy atom. The number of halogens is 1. The molecule has 18 heavy (non-hydrogen) atoms. The Morgan fingerprint density at radius 3 is 2.78 bits per heavy atom. The first kappa shape index (κ1) is 11.5. The maximum Gasteiger partial charge on any atom is 0.298 e. The molecule has 0 radical (unpaired) electrons. The van der Waals surface area contributed by atoms with E-state index in [4.69, 9.17) is 4.42 Å². The Labute approximate surface area is 105 Å². The molecule has 2 aromatic rings. The summed E-state index contributed by atoms with van der Waals surface area (Å²) < 4.78 is 18.7. The molecule has 0 bridgehead atoms. The van der Waals surface area contributed by atoms with Gasteiger partial charge in [-0.3, -0.25) is 0 Å². The van der Waals surface area contributed by atoms with Gasteiger partial charge in [-0.15, -0.1) is 0 Å². The third kappa shape index (κ3) is 2.06. The average Bonchev–Trinajstić information content (AvgIpc) is 2.81. The van der Waals surface area contributed by atoms with Crippen molar-refractivity contribution >= 4 is 17.1 Å². The van der Waals surface area contributed by atoms with Crippen LogP contribution in [0, 0.1) is 5.82 Å². The Morgan fingerprint density at radius 1 is 1.28 bits per heavy atom. The summed E-state index contributed by atoms with van der Waals surface area (Å²) in [6, 6.07) is 5.05. The first-order chi connectivity index (χ1) is 8.76. The third-order valence-electron chi connectivity index (χ3n) is 3.43. The number of aromatic nitrogens is 1. The zero-order valence-corrected chi connectivity index (χ0v) is 10.4. The molecule has 1 aromatic heterocycles. The molecular weight excluding hydrogens is 233 g/mol. The van der Waals surface area contributed by atoms with Gasteiger partial charge in [0.15, 0.2) is 5.58 Å². The van der Waals surface area contributed by atoms with Gasteiger partial charge in [-0.25, -0.2) is 4.39 Å². The number of benzene rings is 1. The molecule has 96 valence electrons. The van der Waals surface area contributed by atoms with Gasteiger partial charge in [-0.1, -0.05) is 6.92 Å². The predicted molar refractivity (Wildman–Crippen MR) is 68.3 cm³/mol. The van der Waals surface area contributed by atoms with Gasteiger partial charge in [-0.05, 0) is 18.7 Å². The molecule has 0 spiro atoms. The van der Waals surface area contributed by atoms with Crippen LogP contribution in [-0.2, 0) is 0 Å². The molecule has 1 saturated heterocycles. The van der Waals surface area contributed by atoms with E-state index in [-0.39, 0.29) is 5.82 Å². The van der Waals surface area contributed by atoms with Crippen LogP contribution < -0.4 is 4.90 Å². The second-order valence-electron chi connectivity index (χ2n) is 4.53. The van der Waals surface area contributed by atoms with Gasteiger partial charge < -0.3 is 14.2 Å². The van der Waals surface area contributed by atoms with Crippen LogP contribution in [0.3, 0.4) is 0 Å². The van der Waals surface area contributed by atoms with Gasteiger partial charge in [0.25, 0.3) is 6.01 Å². The molecule has 0 saturated carbocycles. The van der Waals surface area contributed by atoms with Crippen LogP contribution >= 0.6 is 0 Å². The molecule has 0 atom stereocenters. The molecule has 0 N–H and O–H groups in total. The number of hydrogen-bond donors (Lipinski definition) is 0. The lowest BCUT2D eigenvalue weighted by atomic mass is 10.3. The number of oxazole rings is 1. The fourth-order valence-corrected chi connectivity index (χ4v) is 2.28. The molecule has 2 heterocycles. The van der Waals surface area contributed by atoms with Gasteiger partial charge >= 0.3 is 0 Å². The van der Waals surface area contributed by atoms with Gasteiger partial charge in [0.05, 0.1) is 0 Å². The number of nitrogens with zero attached hydrogens (tertiary/aromatic N) is 3. The van der Waals surface area contributed by atoms with Crippen LogP contribution in [0.2, 0.25) is 0 Å². The van der Waals surface area contributed by atoms with Gasteiger partial charge in [0.1, 0.15) is 11.3 Å². The molecule has 0 unspecified atom stereocenters. The minimum Gasteiger partial charge on any atom is -0.423 e. The first-order valence-corrected chi connectivity index (χ1v) is 6.29. The van der Waals surface area contributed by atoms with E-state index in [2.05, 4.69) is 21.7 Å². The van der Waals surface area contributed by atoms with Crippen molar-refractivity contribution in [1.82, 2.24) is 9.88 Å². The van der Waals surface area contributed by atoms with Crippen molar-refractivity contribution in [3.63, 3.8) is 0 Å². The van der Waals surface area contributed by atoms with E-state index < -0.39 is 0 Å². The van der Waals surface area contributed by atoms with E-state index in [1.54, 1.807) is 6.07 Å². The zero-order chi connectivity index (χ0) is 12.5. The van der Waals surface area contributed by atoms with Gasteiger partial charge in [0.2, 0.25) is 0 Å². The van der Waals surface area contributed by atoms with Crippen LogP contribution in [0.25, 0.3) is 11.1 Å². The SMILES string of the molecule is CCN1CCN(c2nc3ccc(F)cc3o2)CC1. The lowest BCUT2D eigenvalue weighted by molar-refractivity contribution is 0.266. The fourth-order valence-electron chi connectivity index (χ4n) is 2.28. The summed E-state index contributed by atoms with van der Waals surface area (Å²) in [7, 11) is 0. The minimum atomic E-state index is -0.291. The number of hydrogen-bond acceptors (Lipinski definition) is 4. The smallest absolute Gasteiger partial charge is 0.298 e. The van der Waals surface area contributed by atoms with E-state index in [0.29, 0.717) is 17.1 Å². The summed E-state index contributed by atoms with van der Waals surface area (Å²) in [6.07, 6.45) is 0. The van der Waals surface area contributed by atoms with Crippen LogP contribution in [0.15, 0.2) is 22.6 Å². The standard InChI is InChI=1S/C13H16FN3O/c1-2-16-5-7-17(8-6-16)13-15-11-4-3-10(14)9-12(11)18-13/h3-4,9H,2,5-8H2,1H3. The van der Waals surface area contributed by atoms with E-state index in [1.165, 1.54) is 12.1 Å². The molecule has 0 aliphatic carbocycles. The van der Waals surface area contributed by atoms with Crippen LogP contribution in [0.5, 0.6) is 0 Å². The van der Waals surface area contributed by atoms with E-state index >= 15 is 0 Å². The van der Waals surface area contributed by atoms with Crippen molar-refractivity contribution in [2.75, 3.05) is 37.6 Å². The second kappa shape index (κ2) is 4.57. The summed E-state index contributed by atoms with van der Waals surface area (Å²) in [4.78, 5) is 8.91. The largest absolute Gasteiger partial charge is 0.423 e. The lowest BCUT2D eigenvalue weighted by Gasteiger charge is -2.32. The predicted octanol–water partition coefficient (Wildman–Crippen LogP) is 2.11. The highest BCUT2D eigenvalue weighted by Crippen LogP contribution is 2.23.